The molecule has 2 rings (SSSR count). The number of hydroxylamine groups is 1. The summed E-state index contributed by atoms with van der Waals surface area (Å²) in [5.74, 6) is 0. The van der Waals surface area contributed by atoms with Crippen LogP contribution in [0.3, 0.4) is 0 Å². The highest BCUT2D eigenvalue weighted by molar-refractivity contribution is 7.89. The average Bonchev–Trinajstić information content (AvgIpc) is 2.49. The van der Waals surface area contributed by atoms with Gasteiger partial charge < -0.3 is 0 Å². The maximum atomic E-state index is 12.2. The lowest BCUT2D eigenvalue weighted by Gasteiger charge is -2.15. The highest BCUT2D eigenvalue weighted by Gasteiger charge is 2.24. The molecule has 0 saturated carbocycles. The molecule has 0 N–H and O–H groups in total. The third-order valence-corrected chi connectivity index (χ3v) is 4.02. The predicted octanol–water partition coefficient (Wildman–Crippen LogP) is 2.29. The molecule has 0 spiro atoms. The van der Waals surface area contributed by atoms with Crippen LogP contribution in [0, 0.1) is 11.5 Å². The van der Waals surface area contributed by atoms with Gasteiger partial charge >= 0.3 is 0 Å². The monoisotopic (exact) mass is 288 g/mol. The van der Waals surface area contributed by atoms with Crippen LogP contribution in [0.15, 0.2) is 65.6 Å². The molecule has 0 amide bonds. The molecular weight excluding hydrogens is 276 g/mol. The van der Waals surface area contributed by atoms with Gasteiger partial charge in [-0.25, -0.2) is 4.84 Å². The van der Waals surface area contributed by atoms with E-state index >= 15 is 0 Å². The second-order valence-electron chi connectivity index (χ2n) is 3.90. The Morgan fingerprint density at radius 1 is 1.00 bits per heavy atom. The first kappa shape index (κ1) is 14.1. The van der Waals surface area contributed by atoms with Crippen LogP contribution in [0.1, 0.15) is 5.56 Å². The Morgan fingerprint density at radius 2 is 1.55 bits per heavy atom. The van der Waals surface area contributed by atoms with E-state index in [0.717, 1.165) is 5.56 Å². The van der Waals surface area contributed by atoms with Crippen LogP contribution < -0.4 is 0 Å². The third-order valence-electron chi connectivity index (χ3n) is 2.53. The van der Waals surface area contributed by atoms with Crippen LogP contribution in [0.4, 0.5) is 0 Å². The fraction of sp³-hybridized carbons (Fsp3) is 0.0714. The van der Waals surface area contributed by atoms with E-state index in [1.54, 1.807) is 42.5 Å². The molecule has 102 valence electrons. The van der Waals surface area contributed by atoms with Gasteiger partial charge in [0.05, 0.1) is 4.90 Å². The standard InChI is InChI=1S/C14H12N2O3S/c15-12-16(19-11-13-7-3-1-4-8-13)20(17,18)14-9-5-2-6-10-14/h1-10H,11H2. The number of benzene rings is 2. The summed E-state index contributed by atoms with van der Waals surface area (Å²) in [4.78, 5) is 5.09. The van der Waals surface area contributed by atoms with Gasteiger partial charge in [-0.2, -0.15) is 13.7 Å². The van der Waals surface area contributed by atoms with E-state index in [-0.39, 0.29) is 11.5 Å². The molecule has 0 aliphatic heterocycles. The van der Waals surface area contributed by atoms with Gasteiger partial charge in [-0.05, 0) is 17.7 Å². The fourth-order valence-electron chi connectivity index (χ4n) is 1.55. The van der Waals surface area contributed by atoms with Gasteiger partial charge in [0.15, 0.2) is 0 Å². The molecule has 0 atom stereocenters. The smallest absolute Gasteiger partial charge is 0.245 e. The van der Waals surface area contributed by atoms with E-state index < -0.39 is 10.0 Å². The summed E-state index contributed by atoms with van der Waals surface area (Å²) >= 11 is 0. The molecule has 0 aromatic heterocycles. The van der Waals surface area contributed by atoms with Gasteiger partial charge in [-0.3, -0.25) is 0 Å². The molecule has 0 aliphatic carbocycles. The highest BCUT2D eigenvalue weighted by Crippen LogP contribution is 2.15. The van der Waals surface area contributed by atoms with Crippen LogP contribution >= 0.6 is 0 Å². The molecule has 5 nitrogen and oxygen atoms in total. The Hall–Kier alpha value is -2.36. The lowest BCUT2D eigenvalue weighted by atomic mass is 10.2. The van der Waals surface area contributed by atoms with Gasteiger partial charge in [0, 0.05) is 0 Å². The summed E-state index contributed by atoms with van der Waals surface area (Å²) in [5.41, 5.74) is 0.774. The van der Waals surface area contributed by atoms with Crippen molar-refractivity contribution < 1.29 is 13.3 Å². The van der Waals surface area contributed by atoms with E-state index in [1.165, 1.54) is 18.3 Å². The van der Waals surface area contributed by atoms with E-state index in [9.17, 15) is 8.42 Å². The number of hydrogen-bond donors (Lipinski definition) is 0. The quantitative estimate of drug-likeness (QED) is 0.481. The lowest BCUT2D eigenvalue weighted by Crippen LogP contribution is -2.26. The zero-order valence-corrected chi connectivity index (χ0v) is 11.3. The minimum absolute atomic E-state index is 0.000460. The molecule has 0 bridgehead atoms. The molecule has 0 heterocycles. The van der Waals surface area contributed by atoms with Crippen LogP contribution in [-0.4, -0.2) is 12.9 Å². The summed E-state index contributed by atoms with van der Waals surface area (Å²) in [5, 5.41) is 8.97. The molecule has 2 aromatic rings. The number of nitrogens with zero attached hydrogens (tertiary/aromatic N) is 2. The number of sulfonamides is 1. The molecule has 2 aromatic carbocycles. The lowest BCUT2D eigenvalue weighted by molar-refractivity contribution is -0.0525. The van der Waals surface area contributed by atoms with Gasteiger partial charge in [-0.15, -0.1) is 0 Å². The maximum absolute atomic E-state index is 12.2. The van der Waals surface area contributed by atoms with Gasteiger partial charge in [0.2, 0.25) is 6.19 Å². The Kier molecular flexibility index (Phi) is 4.35. The molecule has 20 heavy (non-hydrogen) atoms. The summed E-state index contributed by atoms with van der Waals surface area (Å²) < 4.78 is 24.7. The first-order chi connectivity index (χ1) is 9.64. The van der Waals surface area contributed by atoms with Crippen molar-refractivity contribution >= 4 is 10.0 Å². The van der Waals surface area contributed by atoms with Crippen molar-refractivity contribution in [3.8, 4) is 6.19 Å². The first-order valence-electron chi connectivity index (χ1n) is 5.81. The van der Waals surface area contributed by atoms with Crippen LogP contribution in [0.2, 0.25) is 0 Å². The number of nitriles is 1. The van der Waals surface area contributed by atoms with Crippen molar-refractivity contribution in [2.75, 3.05) is 0 Å². The molecule has 0 fully saturated rings. The van der Waals surface area contributed by atoms with E-state index in [2.05, 4.69) is 0 Å². The first-order valence-corrected chi connectivity index (χ1v) is 7.25. The Bertz CT molecular complexity index is 694. The van der Waals surface area contributed by atoms with Crippen LogP contribution in [-0.2, 0) is 21.5 Å². The zero-order chi connectivity index (χ0) is 14.4. The van der Waals surface area contributed by atoms with Gasteiger partial charge in [-0.1, -0.05) is 53.0 Å². The van der Waals surface area contributed by atoms with E-state index in [1.807, 2.05) is 6.07 Å². The van der Waals surface area contributed by atoms with Gasteiger partial charge in [0.1, 0.15) is 6.61 Å². The number of rotatable bonds is 5. The predicted molar refractivity (Wildman–Crippen MR) is 72.3 cm³/mol. The Balaban J connectivity index is 2.15. The summed E-state index contributed by atoms with van der Waals surface area (Å²) in [7, 11) is -3.97. The van der Waals surface area contributed by atoms with Crippen molar-refractivity contribution in [1.82, 2.24) is 4.47 Å². The molecular formula is C14H12N2O3S. The largest absolute Gasteiger partial charge is 0.295 e. The molecule has 0 saturated heterocycles. The van der Waals surface area contributed by atoms with Crippen LogP contribution in [0.25, 0.3) is 0 Å². The van der Waals surface area contributed by atoms with Crippen molar-refractivity contribution in [2.24, 2.45) is 0 Å². The number of hydrogen-bond acceptors (Lipinski definition) is 4. The molecule has 0 radical (unpaired) electrons. The SMILES string of the molecule is N#CN(OCc1ccccc1)S(=O)(=O)c1ccccc1. The molecule has 0 unspecified atom stereocenters. The van der Waals surface area contributed by atoms with Crippen molar-refractivity contribution in [3.05, 3.63) is 66.2 Å². The second kappa shape index (κ2) is 6.19. The van der Waals surface area contributed by atoms with Crippen molar-refractivity contribution in [3.63, 3.8) is 0 Å². The topological polar surface area (TPSA) is 70.4 Å². The third kappa shape index (κ3) is 3.15. The minimum Gasteiger partial charge on any atom is -0.245 e. The zero-order valence-electron chi connectivity index (χ0n) is 10.5. The molecule has 0 aliphatic rings. The Morgan fingerprint density at radius 3 is 2.10 bits per heavy atom. The summed E-state index contributed by atoms with van der Waals surface area (Å²) in [6.45, 7) is 0.000460. The highest BCUT2D eigenvalue weighted by atomic mass is 32.2. The summed E-state index contributed by atoms with van der Waals surface area (Å²) in [6.07, 6.45) is 1.53. The average molecular weight is 288 g/mol. The van der Waals surface area contributed by atoms with Crippen molar-refractivity contribution in [2.45, 2.75) is 11.5 Å². The summed E-state index contributed by atoms with van der Waals surface area (Å²) in [6, 6.07) is 16.7. The van der Waals surface area contributed by atoms with Crippen molar-refractivity contribution in [1.29, 1.82) is 5.26 Å². The Labute approximate surface area is 117 Å². The maximum Gasteiger partial charge on any atom is 0.295 e. The second-order valence-corrected chi connectivity index (χ2v) is 5.66. The van der Waals surface area contributed by atoms with E-state index in [0.29, 0.717) is 4.47 Å². The fourth-order valence-corrected chi connectivity index (χ4v) is 2.54. The normalized spacial score (nSPS) is 10.8. The van der Waals surface area contributed by atoms with Gasteiger partial charge in [0.25, 0.3) is 10.0 Å². The van der Waals surface area contributed by atoms with E-state index in [4.69, 9.17) is 10.1 Å². The van der Waals surface area contributed by atoms with Crippen LogP contribution in [0.5, 0.6) is 0 Å². The molecule has 6 heteroatoms. The minimum atomic E-state index is -3.97.